The van der Waals surface area contributed by atoms with E-state index in [4.69, 9.17) is 21.3 Å². The van der Waals surface area contributed by atoms with E-state index in [1.54, 1.807) is 0 Å². The summed E-state index contributed by atoms with van der Waals surface area (Å²) in [4.78, 5) is 4.83. The Hall–Kier alpha value is -1.98. The molecule has 0 amide bonds. The first-order chi connectivity index (χ1) is 14.0. The Morgan fingerprint density at radius 2 is 1.93 bits per heavy atom. The van der Waals surface area contributed by atoms with Crippen LogP contribution in [-0.4, -0.2) is 30.0 Å². The second-order valence-electron chi connectivity index (χ2n) is 7.34. The van der Waals surface area contributed by atoms with Gasteiger partial charge in [-0.1, -0.05) is 43.1 Å². The Morgan fingerprint density at radius 1 is 1.17 bits per heavy atom. The molecule has 0 aliphatic rings. The number of unbranched alkanes of at least 4 members (excludes halogenated alkanes) is 1. The molecule has 2 N–H and O–H groups in total. The van der Waals surface area contributed by atoms with Gasteiger partial charge in [-0.05, 0) is 66.9 Å². The molecular formula is C24H29ClN2O2. The molecule has 0 bridgehead atoms. The third-order valence-electron chi connectivity index (χ3n) is 5.06. The molecule has 2 aromatic carbocycles. The third kappa shape index (κ3) is 5.34. The number of halogens is 1. The van der Waals surface area contributed by atoms with E-state index in [-0.39, 0.29) is 0 Å². The maximum absolute atomic E-state index is 10.5. The highest BCUT2D eigenvalue weighted by Gasteiger charge is 2.18. The molecule has 0 saturated carbocycles. The molecule has 0 saturated heterocycles. The highest BCUT2D eigenvalue weighted by Crippen LogP contribution is 2.35. The topological polar surface area (TPSA) is 54.4 Å². The van der Waals surface area contributed by atoms with Gasteiger partial charge in [0.15, 0.2) is 6.29 Å². The molecule has 4 nitrogen and oxygen atoms in total. The Bertz CT molecular complexity index is 957. The highest BCUT2D eigenvalue weighted by molar-refractivity contribution is 6.30. The zero-order valence-corrected chi connectivity index (χ0v) is 18.1. The van der Waals surface area contributed by atoms with Gasteiger partial charge < -0.3 is 15.2 Å². The fraction of sp³-hybridized carbons (Fsp3) is 0.375. The molecule has 5 heteroatoms. The van der Waals surface area contributed by atoms with Gasteiger partial charge >= 0.3 is 0 Å². The molecule has 1 atom stereocenters. The van der Waals surface area contributed by atoms with Gasteiger partial charge in [0.2, 0.25) is 0 Å². The number of fused-ring (bicyclic) bond motifs is 1. The lowest BCUT2D eigenvalue weighted by Gasteiger charge is -2.20. The molecule has 3 aromatic rings. The Morgan fingerprint density at radius 3 is 2.62 bits per heavy atom. The van der Waals surface area contributed by atoms with Gasteiger partial charge in [0.05, 0.1) is 11.2 Å². The van der Waals surface area contributed by atoms with E-state index in [0.717, 1.165) is 58.2 Å². The molecule has 0 spiro atoms. The van der Waals surface area contributed by atoms with Gasteiger partial charge in [-0.3, -0.25) is 4.98 Å². The summed E-state index contributed by atoms with van der Waals surface area (Å²) < 4.78 is 5.62. The molecule has 3 rings (SSSR count). The second kappa shape index (κ2) is 10.2. The zero-order valence-electron chi connectivity index (χ0n) is 17.3. The molecule has 1 aromatic heterocycles. The molecule has 0 fully saturated rings. The zero-order chi connectivity index (χ0) is 20.8. The maximum atomic E-state index is 10.5. The number of nitrogens with one attached hydrogen (secondary N) is 1. The summed E-state index contributed by atoms with van der Waals surface area (Å²) in [6, 6.07) is 14.1. The van der Waals surface area contributed by atoms with Crippen LogP contribution in [0.15, 0.2) is 42.5 Å². The molecule has 0 aliphatic carbocycles. The van der Waals surface area contributed by atoms with Crippen LogP contribution in [0.4, 0.5) is 0 Å². The van der Waals surface area contributed by atoms with E-state index < -0.39 is 6.29 Å². The van der Waals surface area contributed by atoms with Crippen LogP contribution in [0.5, 0.6) is 0 Å². The summed E-state index contributed by atoms with van der Waals surface area (Å²) in [6.07, 6.45) is 1.58. The SMILES string of the molecule is CCCCOC(O)Cc1c(C)cc2nc(CNC)ccc2c1-c1ccc(Cl)cc1. The Balaban J connectivity index is 2.10. The largest absolute Gasteiger partial charge is 0.368 e. The fourth-order valence-corrected chi connectivity index (χ4v) is 3.70. The molecule has 154 valence electrons. The summed E-state index contributed by atoms with van der Waals surface area (Å²) in [5.41, 5.74) is 6.25. The Kier molecular flexibility index (Phi) is 7.62. The predicted octanol–water partition coefficient (Wildman–Crippen LogP) is 5.26. The quantitative estimate of drug-likeness (QED) is 0.371. The summed E-state index contributed by atoms with van der Waals surface area (Å²) in [6.45, 7) is 5.46. The van der Waals surface area contributed by atoms with Crippen LogP contribution in [0.3, 0.4) is 0 Å². The monoisotopic (exact) mass is 412 g/mol. The molecule has 0 radical (unpaired) electrons. The average Bonchev–Trinajstić information content (AvgIpc) is 2.70. The lowest BCUT2D eigenvalue weighted by molar-refractivity contribution is -0.0980. The minimum Gasteiger partial charge on any atom is -0.368 e. The number of nitrogens with zero attached hydrogens (tertiary/aromatic N) is 1. The van der Waals surface area contributed by atoms with Crippen molar-refractivity contribution >= 4 is 22.5 Å². The van der Waals surface area contributed by atoms with Crippen molar-refractivity contribution in [3.05, 3.63) is 64.3 Å². The summed E-state index contributed by atoms with van der Waals surface area (Å²) in [5.74, 6) is 0. The number of aryl methyl sites for hydroxylation is 1. The molecular weight excluding hydrogens is 384 g/mol. The van der Waals surface area contributed by atoms with Gasteiger partial charge in [0.1, 0.15) is 0 Å². The van der Waals surface area contributed by atoms with Gasteiger partial charge in [0, 0.05) is 30.0 Å². The van der Waals surface area contributed by atoms with Crippen molar-refractivity contribution in [3.8, 4) is 11.1 Å². The molecule has 0 aliphatic heterocycles. The van der Waals surface area contributed by atoms with Crippen LogP contribution in [0, 0.1) is 6.92 Å². The number of aliphatic hydroxyl groups excluding tert-OH is 1. The highest BCUT2D eigenvalue weighted by atomic mass is 35.5. The average molecular weight is 413 g/mol. The number of hydrogen-bond donors (Lipinski definition) is 2. The number of benzene rings is 2. The number of aliphatic hydroxyl groups is 1. The van der Waals surface area contributed by atoms with E-state index in [1.165, 1.54) is 0 Å². The summed E-state index contributed by atoms with van der Waals surface area (Å²) >= 11 is 6.12. The van der Waals surface area contributed by atoms with Crippen molar-refractivity contribution in [2.45, 2.75) is 45.9 Å². The minimum atomic E-state index is -0.833. The summed E-state index contributed by atoms with van der Waals surface area (Å²) in [5, 5.41) is 15.4. The van der Waals surface area contributed by atoms with E-state index in [0.29, 0.717) is 18.1 Å². The number of ether oxygens (including phenoxy) is 1. The molecule has 1 heterocycles. The van der Waals surface area contributed by atoms with Crippen molar-refractivity contribution in [1.29, 1.82) is 0 Å². The lowest BCUT2D eigenvalue weighted by atomic mass is 9.90. The lowest BCUT2D eigenvalue weighted by Crippen LogP contribution is -2.17. The number of hydrogen-bond acceptors (Lipinski definition) is 4. The van der Waals surface area contributed by atoms with Crippen molar-refractivity contribution in [3.63, 3.8) is 0 Å². The van der Waals surface area contributed by atoms with Crippen LogP contribution in [0.2, 0.25) is 5.02 Å². The van der Waals surface area contributed by atoms with Gasteiger partial charge in [-0.25, -0.2) is 0 Å². The van der Waals surface area contributed by atoms with E-state index in [1.807, 2.05) is 37.4 Å². The number of aromatic nitrogens is 1. The summed E-state index contributed by atoms with van der Waals surface area (Å²) in [7, 11) is 1.92. The number of pyridine rings is 1. The number of rotatable bonds is 9. The first-order valence-corrected chi connectivity index (χ1v) is 10.5. The second-order valence-corrected chi connectivity index (χ2v) is 7.77. The van der Waals surface area contributed by atoms with Gasteiger partial charge in [0.25, 0.3) is 0 Å². The van der Waals surface area contributed by atoms with Crippen molar-refractivity contribution in [2.24, 2.45) is 0 Å². The van der Waals surface area contributed by atoms with Crippen LogP contribution < -0.4 is 5.32 Å². The van der Waals surface area contributed by atoms with Gasteiger partial charge in [-0.2, -0.15) is 0 Å². The standard InChI is InChI=1S/C24H29ClN2O2/c1-4-5-12-29-23(28)14-21-16(2)13-22-20(11-10-19(27-22)15-26-3)24(21)17-6-8-18(25)9-7-17/h6-11,13,23,26,28H,4-5,12,14-15H2,1-3H3. The van der Waals surface area contributed by atoms with Crippen molar-refractivity contribution < 1.29 is 9.84 Å². The van der Waals surface area contributed by atoms with E-state index in [2.05, 4.69) is 31.3 Å². The minimum absolute atomic E-state index is 0.432. The smallest absolute Gasteiger partial charge is 0.158 e. The van der Waals surface area contributed by atoms with Crippen LogP contribution >= 0.6 is 11.6 Å². The maximum Gasteiger partial charge on any atom is 0.158 e. The van der Waals surface area contributed by atoms with E-state index >= 15 is 0 Å². The first-order valence-electron chi connectivity index (χ1n) is 10.2. The molecule has 1 unspecified atom stereocenters. The van der Waals surface area contributed by atoms with E-state index in [9.17, 15) is 5.11 Å². The van der Waals surface area contributed by atoms with Crippen LogP contribution in [0.25, 0.3) is 22.0 Å². The van der Waals surface area contributed by atoms with Crippen LogP contribution in [-0.2, 0) is 17.7 Å². The molecule has 29 heavy (non-hydrogen) atoms. The normalized spacial score (nSPS) is 12.4. The van der Waals surface area contributed by atoms with Crippen molar-refractivity contribution in [1.82, 2.24) is 10.3 Å². The van der Waals surface area contributed by atoms with Crippen molar-refractivity contribution in [2.75, 3.05) is 13.7 Å². The van der Waals surface area contributed by atoms with Gasteiger partial charge in [-0.15, -0.1) is 0 Å². The third-order valence-corrected chi connectivity index (χ3v) is 5.31. The first kappa shape index (κ1) is 21.7. The Labute approximate surface area is 177 Å². The predicted molar refractivity (Wildman–Crippen MR) is 120 cm³/mol. The fourth-order valence-electron chi connectivity index (χ4n) is 3.58. The van der Waals surface area contributed by atoms with Crippen LogP contribution in [0.1, 0.15) is 36.6 Å².